The molecule has 1 aromatic carbocycles. The maximum Gasteiger partial charge on any atom is 0.227 e. The van der Waals surface area contributed by atoms with Crippen molar-refractivity contribution in [1.82, 2.24) is 15.1 Å². The van der Waals surface area contributed by atoms with E-state index in [0.717, 1.165) is 37.1 Å². The van der Waals surface area contributed by atoms with Gasteiger partial charge >= 0.3 is 0 Å². The number of carbonyl (C=O) groups excluding carboxylic acids is 1. The van der Waals surface area contributed by atoms with Crippen molar-refractivity contribution in [1.29, 1.82) is 0 Å². The molecule has 0 radical (unpaired) electrons. The topological polar surface area (TPSA) is 58.1 Å². The van der Waals surface area contributed by atoms with Gasteiger partial charge in [-0.2, -0.15) is 0 Å². The fourth-order valence-electron chi connectivity index (χ4n) is 4.20. The van der Waals surface area contributed by atoms with Gasteiger partial charge in [0, 0.05) is 31.0 Å². The van der Waals surface area contributed by atoms with Crippen molar-refractivity contribution in [3.8, 4) is 0 Å². The van der Waals surface area contributed by atoms with E-state index in [-0.39, 0.29) is 18.1 Å². The van der Waals surface area contributed by atoms with Crippen LogP contribution in [0.15, 0.2) is 30.3 Å². The highest BCUT2D eigenvalue weighted by molar-refractivity contribution is 6.29. The first-order valence-electron chi connectivity index (χ1n) is 9.40. The lowest BCUT2D eigenvalue weighted by atomic mass is 10.0. The van der Waals surface area contributed by atoms with Crippen LogP contribution in [0.4, 0.5) is 10.2 Å². The number of nitrogens with one attached hydrogen (secondary N) is 1. The highest BCUT2D eigenvalue weighted by Gasteiger charge is 2.56. The van der Waals surface area contributed by atoms with Gasteiger partial charge in [0.1, 0.15) is 11.6 Å². The molecule has 2 aliphatic carbocycles. The van der Waals surface area contributed by atoms with Crippen LogP contribution < -0.4 is 5.32 Å². The zero-order valence-electron chi connectivity index (χ0n) is 14.7. The number of nitrogens with zero attached hydrogens (tertiary/aromatic N) is 3. The zero-order chi connectivity index (χ0) is 18.5. The number of benzene rings is 1. The number of carbonyl (C=O) groups is 1. The second-order valence-electron chi connectivity index (χ2n) is 7.84. The molecule has 0 spiro atoms. The van der Waals surface area contributed by atoms with Gasteiger partial charge in [0.15, 0.2) is 5.15 Å². The van der Waals surface area contributed by atoms with Gasteiger partial charge in [-0.15, -0.1) is 10.2 Å². The van der Waals surface area contributed by atoms with Crippen LogP contribution in [-0.4, -0.2) is 40.1 Å². The Morgan fingerprint density at radius 3 is 2.59 bits per heavy atom. The van der Waals surface area contributed by atoms with Crippen LogP contribution in [0.1, 0.15) is 29.9 Å². The maximum atomic E-state index is 14.2. The lowest BCUT2D eigenvalue weighted by Gasteiger charge is -2.20. The van der Waals surface area contributed by atoms with Crippen molar-refractivity contribution >= 4 is 23.3 Å². The minimum absolute atomic E-state index is 0.0748. The van der Waals surface area contributed by atoms with E-state index < -0.39 is 0 Å². The number of aromatic nitrogens is 2. The Morgan fingerprint density at radius 2 is 1.96 bits per heavy atom. The highest BCUT2D eigenvalue weighted by atomic mass is 35.5. The van der Waals surface area contributed by atoms with Crippen LogP contribution in [0.2, 0.25) is 5.15 Å². The number of anilines is 1. The monoisotopic (exact) mass is 386 g/mol. The maximum absolute atomic E-state index is 14.2. The molecule has 1 saturated heterocycles. The third kappa shape index (κ3) is 3.38. The number of amides is 1. The van der Waals surface area contributed by atoms with Crippen molar-refractivity contribution in [3.05, 3.63) is 52.4 Å². The molecular weight excluding hydrogens is 367 g/mol. The van der Waals surface area contributed by atoms with Gasteiger partial charge in [0.05, 0.1) is 6.42 Å². The Hall–Kier alpha value is -2.21. The van der Waals surface area contributed by atoms with Crippen molar-refractivity contribution in [2.45, 2.75) is 31.2 Å². The number of halogens is 2. The first kappa shape index (κ1) is 16.9. The SMILES string of the molecule is O=C(Cc1ccc(C2CC2)c(F)c1)N1CC2C(C1)C2Nc1ccc(Cl)nn1. The molecule has 2 unspecified atom stereocenters. The number of hydrogen-bond donors (Lipinski definition) is 1. The summed E-state index contributed by atoms with van der Waals surface area (Å²) in [6.45, 7) is 1.48. The average molecular weight is 387 g/mol. The standard InChI is InChI=1S/C20H20ClFN4O/c21-17-5-6-18(25-24-17)23-20-14-9-26(10-15(14)20)19(27)8-11-1-4-13(12-2-3-12)16(22)7-11/h1,4-7,12,14-15,20H,2-3,8-10H2,(H,23,25). The fourth-order valence-corrected chi connectivity index (χ4v) is 4.30. The van der Waals surface area contributed by atoms with Crippen LogP contribution >= 0.6 is 11.6 Å². The van der Waals surface area contributed by atoms with E-state index in [1.807, 2.05) is 23.1 Å². The Labute approximate surface area is 161 Å². The fraction of sp³-hybridized carbons (Fsp3) is 0.450. The second kappa shape index (κ2) is 6.44. The number of fused-ring (bicyclic) bond motifs is 1. The summed E-state index contributed by atoms with van der Waals surface area (Å²) in [6.07, 6.45) is 2.41. The minimum Gasteiger partial charge on any atom is -0.365 e. The molecule has 5 rings (SSSR count). The molecule has 1 N–H and O–H groups in total. The number of likely N-dealkylation sites (tertiary alicyclic amines) is 1. The molecule has 140 valence electrons. The number of hydrogen-bond acceptors (Lipinski definition) is 4. The van der Waals surface area contributed by atoms with Gasteiger partial charge in [0.25, 0.3) is 0 Å². The summed E-state index contributed by atoms with van der Waals surface area (Å²) in [5.74, 6) is 1.89. The van der Waals surface area contributed by atoms with Gasteiger partial charge in [-0.1, -0.05) is 23.7 Å². The highest BCUT2D eigenvalue weighted by Crippen LogP contribution is 2.47. The quantitative estimate of drug-likeness (QED) is 0.856. The van der Waals surface area contributed by atoms with Crippen molar-refractivity contribution in [2.24, 2.45) is 11.8 Å². The van der Waals surface area contributed by atoms with Gasteiger partial charge in [0.2, 0.25) is 5.91 Å². The molecule has 3 fully saturated rings. The Morgan fingerprint density at radius 1 is 1.19 bits per heavy atom. The molecule has 3 aliphatic rings. The Kier molecular flexibility index (Phi) is 4.04. The Balaban J connectivity index is 1.15. The van der Waals surface area contributed by atoms with Gasteiger partial charge in [-0.3, -0.25) is 4.79 Å². The molecule has 2 aromatic rings. The molecule has 1 aliphatic heterocycles. The lowest BCUT2D eigenvalue weighted by molar-refractivity contribution is -0.129. The molecule has 27 heavy (non-hydrogen) atoms. The zero-order valence-corrected chi connectivity index (χ0v) is 15.5. The van der Waals surface area contributed by atoms with E-state index in [1.54, 1.807) is 6.07 Å². The van der Waals surface area contributed by atoms with E-state index in [2.05, 4.69) is 15.5 Å². The number of rotatable bonds is 5. The molecule has 2 atom stereocenters. The molecule has 5 nitrogen and oxygen atoms in total. The van der Waals surface area contributed by atoms with Crippen LogP contribution in [-0.2, 0) is 11.2 Å². The third-order valence-corrected chi connectivity index (χ3v) is 6.13. The van der Waals surface area contributed by atoms with E-state index >= 15 is 0 Å². The van der Waals surface area contributed by atoms with Crippen LogP contribution in [0.25, 0.3) is 0 Å². The van der Waals surface area contributed by atoms with Crippen LogP contribution in [0.5, 0.6) is 0 Å². The molecule has 7 heteroatoms. The molecule has 2 saturated carbocycles. The number of piperidine rings is 1. The largest absolute Gasteiger partial charge is 0.365 e. The van der Waals surface area contributed by atoms with Gasteiger partial charge < -0.3 is 10.2 Å². The first-order valence-corrected chi connectivity index (χ1v) is 9.78. The summed E-state index contributed by atoms with van der Waals surface area (Å²) < 4.78 is 14.2. The van der Waals surface area contributed by atoms with Crippen molar-refractivity contribution in [3.63, 3.8) is 0 Å². The van der Waals surface area contributed by atoms with Gasteiger partial charge in [-0.25, -0.2) is 4.39 Å². The minimum atomic E-state index is -0.166. The summed E-state index contributed by atoms with van der Waals surface area (Å²) >= 11 is 5.75. The Bertz CT molecular complexity index is 874. The lowest BCUT2D eigenvalue weighted by Crippen LogP contribution is -2.34. The molecule has 2 heterocycles. The van der Waals surface area contributed by atoms with Crippen LogP contribution in [0.3, 0.4) is 0 Å². The first-order chi connectivity index (χ1) is 13.1. The molecule has 0 bridgehead atoms. The summed E-state index contributed by atoms with van der Waals surface area (Å²) in [4.78, 5) is 14.5. The predicted molar refractivity (Wildman–Crippen MR) is 100 cm³/mol. The summed E-state index contributed by atoms with van der Waals surface area (Å²) in [6, 6.07) is 9.13. The smallest absolute Gasteiger partial charge is 0.227 e. The summed E-state index contributed by atoms with van der Waals surface area (Å²) in [5, 5.41) is 11.6. The normalized spacial score (nSPS) is 26.0. The second-order valence-corrected chi connectivity index (χ2v) is 8.23. The van der Waals surface area contributed by atoms with E-state index in [4.69, 9.17) is 11.6 Å². The third-order valence-electron chi connectivity index (χ3n) is 5.93. The predicted octanol–water partition coefficient (Wildman–Crippen LogP) is 3.26. The van der Waals surface area contributed by atoms with Gasteiger partial charge in [-0.05, 0) is 48.1 Å². The summed E-state index contributed by atoms with van der Waals surface area (Å²) in [5.41, 5.74) is 1.56. The molecular formula is C20H20ClFN4O. The molecule has 1 aromatic heterocycles. The van der Waals surface area contributed by atoms with E-state index in [9.17, 15) is 9.18 Å². The van der Waals surface area contributed by atoms with Crippen molar-refractivity contribution < 1.29 is 9.18 Å². The summed E-state index contributed by atoms with van der Waals surface area (Å²) in [7, 11) is 0. The van der Waals surface area contributed by atoms with Crippen molar-refractivity contribution in [2.75, 3.05) is 18.4 Å². The average Bonchev–Trinajstić information content (AvgIpc) is 3.55. The van der Waals surface area contributed by atoms with E-state index in [0.29, 0.717) is 34.8 Å². The van der Waals surface area contributed by atoms with E-state index in [1.165, 1.54) is 6.07 Å². The van der Waals surface area contributed by atoms with Crippen LogP contribution in [0, 0.1) is 17.7 Å². The molecule has 1 amide bonds.